The van der Waals surface area contributed by atoms with Crippen molar-refractivity contribution in [1.82, 2.24) is 0 Å². The predicted molar refractivity (Wildman–Crippen MR) is 102 cm³/mol. The van der Waals surface area contributed by atoms with Gasteiger partial charge in [-0.25, -0.2) is 0 Å². The summed E-state index contributed by atoms with van der Waals surface area (Å²) in [5, 5.41) is 2.78. The third-order valence-electron chi connectivity index (χ3n) is 4.78. The quantitative estimate of drug-likeness (QED) is 0.769. The van der Waals surface area contributed by atoms with Crippen LogP contribution in [0.4, 0.5) is 18.9 Å². The first-order valence-corrected chi connectivity index (χ1v) is 9.10. The number of anilines is 1. The van der Waals surface area contributed by atoms with E-state index in [1.807, 2.05) is 0 Å². The summed E-state index contributed by atoms with van der Waals surface area (Å²) in [5.41, 5.74) is -1.07. The molecular formula is C21H22F3NO5. The summed E-state index contributed by atoms with van der Waals surface area (Å²) in [6.07, 6.45) is -5.44. The van der Waals surface area contributed by atoms with Gasteiger partial charge < -0.3 is 24.3 Å². The SMILES string of the molecule is COc1ccc(NC(=O)C2(C)COC(c3cccc(C(F)(F)F)c3)OC2)cc1OC. The topological polar surface area (TPSA) is 66.0 Å². The number of carbonyl (C=O) groups is 1. The van der Waals surface area contributed by atoms with E-state index in [9.17, 15) is 18.0 Å². The van der Waals surface area contributed by atoms with Crippen molar-refractivity contribution in [3.63, 3.8) is 0 Å². The Morgan fingerprint density at radius 2 is 1.73 bits per heavy atom. The minimum atomic E-state index is -4.46. The average Bonchev–Trinajstić information content (AvgIpc) is 2.73. The first-order valence-electron chi connectivity index (χ1n) is 9.10. The second-order valence-electron chi connectivity index (χ2n) is 7.16. The molecule has 2 aromatic rings. The van der Waals surface area contributed by atoms with Crippen molar-refractivity contribution in [2.24, 2.45) is 5.41 Å². The second kappa shape index (κ2) is 8.53. The van der Waals surface area contributed by atoms with Crippen LogP contribution in [0.2, 0.25) is 0 Å². The van der Waals surface area contributed by atoms with Gasteiger partial charge in [-0.2, -0.15) is 13.2 Å². The highest BCUT2D eigenvalue weighted by molar-refractivity contribution is 5.95. The van der Waals surface area contributed by atoms with Crippen LogP contribution >= 0.6 is 0 Å². The van der Waals surface area contributed by atoms with Crippen LogP contribution in [0.1, 0.15) is 24.3 Å². The van der Waals surface area contributed by atoms with Crippen LogP contribution in [-0.4, -0.2) is 33.3 Å². The summed E-state index contributed by atoms with van der Waals surface area (Å²) < 4.78 is 60.3. The molecule has 30 heavy (non-hydrogen) atoms. The summed E-state index contributed by atoms with van der Waals surface area (Å²) in [6, 6.07) is 9.70. The molecule has 1 aliphatic rings. The highest BCUT2D eigenvalue weighted by atomic mass is 19.4. The van der Waals surface area contributed by atoms with Crippen LogP contribution < -0.4 is 14.8 Å². The monoisotopic (exact) mass is 425 g/mol. The lowest BCUT2D eigenvalue weighted by Crippen LogP contribution is -2.45. The van der Waals surface area contributed by atoms with Gasteiger partial charge in [-0.3, -0.25) is 4.79 Å². The number of alkyl halides is 3. The summed E-state index contributed by atoms with van der Waals surface area (Å²) in [5.74, 6) is 0.633. The van der Waals surface area contributed by atoms with Crippen LogP contribution in [0.5, 0.6) is 11.5 Å². The fourth-order valence-corrected chi connectivity index (χ4v) is 2.99. The molecule has 0 spiro atoms. The van der Waals surface area contributed by atoms with Crippen LogP contribution in [0, 0.1) is 5.41 Å². The number of halogens is 3. The Hall–Kier alpha value is -2.78. The molecule has 1 amide bonds. The van der Waals surface area contributed by atoms with Crippen molar-refractivity contribution in [3.8, 4) is 11.5 Å². The lowest BCUT2D eigenvalue weighted by atomic mass is 9.90. The van der Waals surface area contributed by atoms with E-state index in [1.54, 1.807) is 25.1 Å². The maximum atomic E-state index is 12.9. The van der Waals surface area contributed by atoms with Gasteiger partial charge in [0.15, 0.2) is 17.8 Å². The third kappa shape index (κ3) is 4.68. The minimum absolute atomic E-state index is 0.0208. The lowest BCUT2D eigenvalue weighted by Gasteiger charge is -2.36. The van der Waals surface area contributed by atoms with E-state index < -0.39 is 23.4 Å². The molecular weight excluding hydrogens is 403 g/mol. The molecule has 3 rings (SSSR count). The molecule has 1 heterocycles. The molecule has 9 heteroatoms. The minimum Gasteiger partial charge on any atom is -0.493 e. The fourth-order valence-electron chi connectivity index (χ4n) is 2.99. The molecule has 162 valence electrons. The maximum absolute atomic E-state index is 12.9. The van der Waals surface area contributed by atoms with Crippen LogP contribution in [-0.2, 0) is 20.4 Å². The number of hydrogen-bond acceptors (Lipinski definition) is 5. The van der Waals surface area contributed by atoms with Crippen molar-refractivity contribution >= 4 is 11.6 Å². The van der Waals surface area contributed by atoms with Gasteiger partial charge in [0.1, 0.15) is 0 Å². The molecule has 0 atom stereocenters. The Bertz CT molecular complexity index is 908. The fraction of sp³-hybridized carbons (Fsp3) is 0.381. The largest absolute Gasteiger partial charge is 0.493 e. The number of amides is 1. The normalized spacial score (nSPS) is 21.7. The van der Waals surface area contributed by atoms with Gasteiger partial charge in [-0.15, -0.1) is 0 Å². The Morgan fingerprint density at radius 3 is 2.33 bits per heavy atom. The third-order valence-corrected chi connectivity index (χ3v) is 4.78. The molecule has 0 unspecified atom stereocenters. The van der Waals surface area contributed by atoms with E-state index in [1.165, 1.54) is 26.4 Å². The molecule has 6 nitrogen and oxygen atoms in total. The number of rotatable bonds is 5. The zero-order valence-corrected chi connectivity index (χ0v) is 16.7. The molecule has 0 saturated carbocycles. The number of benzene rings is 2. The molecule has 0 bridgehead atoms. The number of methoxy groups -OCH3 is 2. The Labute approximate surface area is 171 Å². The molecule has 0 aliphatic carbocycles. The number of hydrogen-bond donors (Lipinski definition) is 1. The van der Waals surface area contributed by atoms with Crippen LogP contribution in [0.15, 0.2) is 42.5 Å². The van der Waals surface area contributed by atoms with Gasteiger partial charge in [-0.1, -0.05) is 12.1 Å². The van der Waals surface area contributed by atoms with E-state index in [-0.39, 0.29) is 24.7 Å². The number of nitrogens with one attached hydrogen (secondary N) is 1. The Morgan fingerprint density at radius 1 is 1.07 bits per heavy atom. The maximum Gasteiger partial charge on any atom is 0.416 e. The predicted octanol–water partition coefficient (Wildman–Crippen LogP) is 4.41. The molecule has 1 saturated heterocycles. The standard InChI is InChI=1S/C21H22F3NO5/c1-20(19(26)25-15-7-8-16(27-2)17(10-15)28-3)11-29-18(30-12-20)13-5-4-6-14(9-13)21(22,23)24/h4-10,18H,11-12H2,1-3H3,(H,25,26). The van der Waals surface area contributed by atoms with Gasteiger partial charge in [0, 0.05) is 17.3 Å². The van der Waals surface area contributed by atoms with E-state index in [0.29, 0.717) is 17.2 Å². The molecule has 2 aromatic carbocycles. The van der Waals surface area contributed by atoms with Crippen molar-refractivity contribution in [1.29, 1.82) is 0 Å². The zero-order valence-electron chi connectivity index (χ0n) is 16.7. The first kappa shape index (κ1) is 21.9. The molecule has 1 N–H and O–H groups in total. The average molecular weight is 425 g/mol. The smallest absolute Gasteiger partial charge is 0.416 e. The van der Waals surface area contributed by atoms with E-state index in [0.717, 1.165) is 12.1 Å². The van der Waals surface area contributed by atoms with E-state index in [4.69, 9.17) is 18.9 Å². The Kier molecular flexibility index (Phi) is 6.23. The zero-order chi connectivity index (χ0) is 21.9. The molecule has 1 fully saturated rings. The van der Waals surface area contributed by atoms with Crippen molar-refractivity contribution < 1.29 is 36.9 Å². The van der Waals surface area contributed by atoms with E-state index in [2.05, 4.69) is 5.32 Å². The van der Waals surface area contributed by atoms with Crippen molar-refractivity contribution in [2.75, 3.05) is 32.8 Å². The highest BCUT2D eigenvalue weighted by Gasteiger charge is 2.40. The van der Waals surface area contributed by atoms with Gasteiger partial charge in [0.2, 0.25) is 5.91 Å². The summed E-state index contributed by atoms with van der Waals surface area (Å²) in [4.78, 5) is 12.8. The number of ether oxygens (including phenoxy) is 4. The van der Waals surface area contributed by atoms with Crippen LogP contribution in [0.25, 0.3) is 0 Å². The van der Waals surface area contributed by atoms with Gasteiger partial charge in [-0.05, 0) is 31.2 Å². The van der Waals surface area contributed by atoms with Crippen molar-refractivity contribution in [2.45, 2.75) is 19.4 Å². The highest BCUT2D eigenvalue weighted by Crippen LogP contribution is 2.36. The summed E-state index contributed by atoms with van der Waals surface area (Å²) >= 11 is 0. The van der Waals surface area contributed by atoms with Gasteiger partial charge in [0.25, 0.3) is 0 Å². The lowest BCUT2D eigenvalue weighted by molar-refractivity contribution is -0.226. The van der Waals surface area contributed by atoms with E-state index >= 15 is 0 Å². The second-order valence-corrected chi connectivity index (χ2v) is 7.16. The summed E-state index contributed by atoms with van der Waals surface area (Å²) in [7, 11) is 3.00. The first-order chi connectivity index (χ1) is 14.2. The van der Waals surface area contributed by atoms with Crippen LogP contribution in [0.3, 0.4) is 0 Å². The molecule has 1 aliphatic heterocycles. The van der Waals surface area contributed by atoms with Gasteiger partial charge in [0.05, 0.1) is 38.4 Å². The van der Waals surface area contributed by atoms with Crippen molar-refractivity contribution in [3.05, 3.63) is 53.6 Å². The molecule has 0 radical (unpaired) electrons. The number of carbonyl (C=O) groups excluding carboxylic acids is 1. The van der Waals surface area contributed by atoms with Gasteiger partial charge >= 0.3 is 6.18 Å². The molecule has 0 aromatic heterocycles. The summed E-state index contributed by atoms with van der Waals surface area (Å²) in [6.45, 7) is 1.62. The Balaban J connectivity index is 1.66.